The van der Waals surface area contributed by atoms with Crippen molar-refractivity contribution in [2.24, 2.45) is 0 Å². The van der Waals surface area contributed by atoms with Gasteiger partial charge in [0.25, 0.3) is 0 Å². The first-order valence-electron chi connectivity index (χ1n) is 6.44. The molecule has 20 heavy (non-hydrogen) atoms. The zero-order chi connectivity index (χ0) is 15.0. The number of carboxylic acids is 1. The highest BCUT2D eigenvalue weighted by molar-refractivity contribution is 6.30. The molecule has 0 aliphatic heterocycles. The van der Waals surface area contributed by atoms with Gasteiger partial charge in [-0.05, 0) is 37.1 Å². The summed E-state index contributed by atoms with van der Waals surface area (Å²) < 4.78 is 0. The molecule has 0 heterocycles. The van der Waals surface area contributed by atoms with Gasteiger partial charge in [-0.1, -0.05) is 23.7 Å². The predicted octanol–water partition coefficient (Wildman–Crippen LogP) is 1.45. The largest absolute Gasteiger partial charge is 0.480 e. The number of benzene rings is 1. The minimum Gasteiger partial charge on any atom is -0.480 e. The molecule has 1 atom stereocenters. The fourth-order valence-corrected chi connectivity index (χ4v) is 2.01. The number of hydrogen-bond donors (Lipinski definition) is 3. The number of aliphatic carboxylic acids is 1. The van der Waals surface area contributed by atoms with Crippen molar-refractivity contribution < 1.29 is 14.7 Å². The van der Waals surface area contributed by atoms with E-state index in [0.717, 1.165) is 5.56 Å². The monoisotopic (exact) mass is 298 g/mol. The summed E-state index contributed by atoms with van der Waals surface area (Å²) in [4.78, 5) is 22.2. The van der Waals surface area contributed by atoms with Crippen molar-refractivity contribution in [1.82, 2.24) is 10.6 Å². The molecule has 6 heteroatoms. The highest BCUT2D eigenvalue weighted by Crippen LogP contribution is 2.10. The number of carboxylic acid groups (broad SMARTS) is 1. The predicted molar refractivity (Wildman–Crippen MR) is 77.9 cm³/mol. The highest BCUT2D eigenvalue weighted by atomic mass is 35.5. The molecule has 0 unspecified atom stereocenters. The third kappa shape index (κ3) is 6.04. The lowest BCUT2D eigenvalue weighted by atomic mass is 10.1. The van der Waals surface area contributed by atoms with Gasteiger partial charge in [0.1, 0.15) is 6.04 Å². The van der Waals surface area contributed by atoms with Gasteiger partial charge in [-0.15, -0.1) is 0 Å². The molecular formula is C14H19ClN2O3. The Hall–Kier alpha value is -1.59. The molecule has 1 aromatic rings. The summed E-state index contributed by atoms with van der Waals surface area (Å²) in [5, 5.41) is 15.2. The average Bonchev–Trinajstić information content (AvgIpc) is 2.41. The van der Waals surface area contributed by atoms with Crippen LogP contribution < -0.4 is 10.6 Å². The van der Waals surface area contributed by atoms with Gasteiger partial charge in [-0.25, -0.2) is 0 Å². The first-order valence-corrected chi connectivity index (χ1v) is 6.82. The van der Waals surface area contributed by atoms with Crippen LogP contribution in [0.1, 0.15) is 18.4 Å². The van der Waals surface area contributed by atoms with Crippen LogP contribution in [-0.4, -0.2) is 36.6 Å². The van der Waals surface area contributed by atoms with Crippen molar-refractivity contribution in [1.29, 1.82) is 0 Å². The molecule has 3 N–H and O–H groups in total. The van der Waals surface area contributed by atoms with Gasteiger partial charge >= 0.3 is 5.97 Å². The number of amides is 1. The van der Waals surface area contributed by atoms with Crippen LogP contribution in [0, 0.1) is 0 Å². The molecule has 0 aliphatic rings. The third-order valence-electron chi connectivity index (χ3n) is 2.93. The van der Waals surface area contributed by atoms with E-state index in [4.69, 9.17) is 16.7 Å². The Morgan fingerprint density at radius 3 is 2.75 bits per heavy atom. The van der Waals surface area contributed by atoms with E-state index in [1.165, 1.54) is 7.05 Å². The molecule has 0 radical (unpaired) electrons. The van der Waals surface area contributed by atoms with Gasteiger partial charge in [-0.3, -0.25) is 9.59 Å². The SMILES string of the molecule is CNC(=O)CC[C@H](NCCc1cccc(Cl)c1)C(=O)O. The van der Waals surface area contributed by atoms with Crippen LogP contribution >= 0.6 is 11.6 Å². The quantitative estimate of drug-likeness (QED) is 0.679. The van der Waals surface area contributed by atoms with Gasteiger partial charge in [0.2, 0.25) is 5.91 Å². The van der Waals surface area contributed by atoms with Crippen molar-refractivity contribution in [3.05, 3.63) is 34.9 Å². The minimum absolute atomic E-state index is 0.159. The number of carbonyl (C=O) groups is 2. The second-order valence-electron chi connectivity index (χ2n) is 4.44. The molecule has 0 spiro atoms. The van der Waals surface area contributed by atoms with Gasteiger partial charge in [0, 0.05) is 18.5 Å². The molecule has 0 saturated carbocycles. The molecule has 0 bridgehead atoms. The number of carbonyl (C=O) groups excluding carboxylic acids is 1. The van der Waals surface area contributed by atoms with Gasteiger partial charge in [0.05, 0.1) is 0 Å². The molecule has 1 rings (SSSR count). The number of nitrogens with one attached hydrogen (secondary N) is 2. The summed E-state index contributed by atoms with van der Waals surface area (Å²) in [5.41, 5.74) is 1.04. The van der Waals surface area contributed by atoms with Crippen LogP contribution in [0.25, 0.3) is 0 Å². The maximum absolute atomic E-state index is 11.1. The second-order valence-corrected chi connectivity index (χ2v) is 4.87. The molecule has 0 saturated heterocycles. The van der Waals surface area contributed by atoms with Crippen LogP contribution in [0.4, 0.5) is 0 Å². The first-order chi connectivity index (χ1) is 9.52. The van der Waals surface area contributed by atoms with Crippen LogP contribution in [0.2, 0.25) is 5.02 Å². The zero-order valence-corrected chi connectivity index (χ0v) is 12.1. The van der Waals surface area contributed by atoms with Crippen molar-refractivity contribution >= 4 is 23.5 Å². The van der Waals surface area contributed by atoms with Gasteiger partial charge < -0.3 is 15.7 Å². The Kier molecular flexibility index (Phi) is 7.04. The Balaban J connectivity index is 2.39. The molecular weight excluding hydrogens is 280 g/mol. The summed E-state index contributed by atoms with van der Waals surface area (Å²) in [6.07, 6.45) is 1.15. The van der Waals surface area contributed by atoms with Crippen molar-refractivity contribution in [2.45, 2.75) is 25.3 Å². The van der Waals surface area contributed by atoms with Crippen LogP contribution in [-0.2, 0) is 16.0 Å². The second kappa shape index (κ2) is 8.55. The fraction of sp³-hybridized carbons (Fsp3) is 0.429. The molecule has 110 valence electrons. The van der Waals surface area contributed by atoms with Gasteiger partial charge in [0.15, 0.2) is 0 Å². The lowest BCUT2D eigenvalue weighted by Crippen LogP contribution is -2.38. The summed E-state index contributed by atoms with van der Waals surface area (Å²) in [5.74, 6) is -1.10. The van der Waals surface area contributed by atoms with E-state index in [-0.39, 0.29) is 18.7 Å². The minimum atomic E-state index is -0.944. The number of halogens is 1. The van der Waals surface area contributed by atoms with E-state index in [1.807, 2.05) is 18.2 Å². The van der Waals surface area contributed by atoms with Crippen molar-refractivity contribution in [3.8, 4) is 0 Å². The zero-order valence-electron chi connectivity index (χ0n) is 11.4. The van der Waals surface area contributed by atoms with E-state index < -0.39 is 12.0 Å². The van der Waals surface area contributed by atoms with Crippen LogP contribution in [0.5, 0.6) is 0 Å². The average molecular weight is 299 g/mol. The van der Waals surface area contributed by atoms with Crippen LogP contribution in [0.3, 0.4) is 0 Å². The van der Waals surface area contributed by atoms with Crippen molar-refractivity contribution in [2.75, 3.05) is 13.6 Å². The molecule has 0 fully saturated rings. The van der Waals surface area contributed by atoms with E-state index >= 15 is 0 Å². The summed E-state index contributed by atoms with van der Waals surface area (Å²) in [7, 11) is 1.53. The lowest BCUT2D eigenvalue weighted by Gasteiger charge is -2.14. The standard InChI is InChI=1S/C14H19ClN2O3/c1-16-13(18)6-5-12(14(19)20)17-8-7-10-3-2-4-11(15)9-10/h2-4,9,12,17H,5-8H2,1H3,(H,16,18)(H,19,20)/t12-/m0/s1. The summed E-state index contributed by atoms with van der Waals surface area (Å²) in [6, 6.07) is 6.73. The Bertz CT molecular complexity index is 465. The smallest absolute Gasteiger partial charge is 0.320 e. The van der Waals surface area contributed by atoms with Crippen molar-refractivity contribution in [3.63, 3.8) is 0 Å². The highest BCUT2D eigenvalue weighted by Gasteiger charge is 2.17. The van der Waals surface area contributed by atoms with Crippen LogP contribution in [0.15, 0.2) is 24.3 Å². The maximum atomic E-state index is 11.1. The first kappa shape index (κ1) is 16.5. The summed E-state index contributed by atoms with van der Waals surface area (Å²) >= 11 is 5.88. The Morgan fingerprint density at radius 2 is 2.15 bits per heavy atom. The Labute approximate surface area is 123 Å². The van der Waals surface area contributed by atoms with E-state index in [2.05, 4.69) is 10.6 Å². The topological polar surface area (TPSA) is 78.4 Å². The lowest BCUT2D eigenvalue weighted by molar-refractivity contribution is -0.139. The molecule has 0 aromatic heterocycles. The fourth-order valence-electron chi connectivity index (χ4n) is 1.80. The van der Waals surface area contributed by atoms with E-state index in [0.29, 0.717) is 18.0 Å². The molecule has 0 aliphatic carbocycles. The normalized spacial score (nSPS) is 11.9. The third-order valence-corrected chi connectivity index (χ3v) is 3.17. The van der Waals surface area contributed by atoms with Gasteiger partial charge in [-0.2, -0.15) is 0 Å². The van der Waals surface area contributed by atoms with E-state index in [9.17, 15) is 9.59 Å². The molecule has 1 aromatic carbocycles. The molecule has 1 amide bonds. The molecule has 5 nitrogen and oxygen atoms in total. The summed E-state index contributed by atoms with van der Waals surface area (Å²) in [6.45, 7) is 0.519. The maximum Gasteiger partial charge on any atom is 0.320 e. The number of rotatable bonds is 8. The van der Waals surface area contributed by atoms with E-state index in [1.54, 1.807) is 6.07 Å². The Morgan fingerprint density at radius 1 is 1.40 bits per heavy atom. The number of hydrogen-bond acceptors (Lipinski definition) is 3.